The van der Waals surface area contributed by atoms with Crippen LogP contribution >= 0.6 is 11.6 Å². The molecular weight excluding hydrogens is 314 g/mol. The van der Waals surface area contributed by atoms with E-state index in [4.69, 9.17) is 16.0 Å². The Kier molecular flexibility index (Phi) is 3.97. The number of rotatable bonds is 4. The van der Waals surface area contributed by atoms with Crippen LogP contribution in [0.2, 0.25) is 5.02 Å². The van der Waals surface area contributed by atoms with Crippen molar-refractivity contribution in [2.24, 2.45) is 0 Å². The molecule has 3 rings (SSSR count). The van der Waals surface area contributed by atoms with Gasteiger partial charge in [0.15, 0.2) is 9.84 Å². The number of halogens is 1. The van der Waals surface area contributed by atoms with Crippen molar-refractivity contribution in [3.8, 4) is 11.5 Å². The largest absolute Gasteiger partial charge is 0.419 e. The molecule has 112 valence electrons. The molecule has 1 saturated heterocycles. The van der Waals surface area contributed by atoms with E-state index in [1.165, 1.54) is 0 Å². The highest BCUT2D eigenvalue weighted by atomic mass is 35.5. The zero-order valence-corrected chi connectivity index (χ0v) is 12.7. The standard InChI is InChI=1S/C13H14ClN3O3S/c14-11-4-2-1-3-10(11)13-17-16-12(20-13)7-15-9-5-6-21(18,19)8-9/h1-4,9,15H,5-8H2. The van der Waals surface area contributed by atoms with Crippen LogP contribution in [0, 0.1) is 0 Å². The summed E-state index contributed by atoms with van der Waals surface area (Å²) in [6.07, 6.45) is 0.619. The first-order chi connectivity index (χ1) is 10.0. The molecule has 1 atom stereocenters. The lowest BCUT2D eigenvalue weighted by molar-refractivity contribution is 0.451. The third kappa shape index (κ3) is 3.42. The van der Waals surface area contributed by atoms with Gasteiger partial charge in [0.2, 0.25) is 11.8 Å². The van der Waals surface area contributed by atoms with Gasteiger partial charge in [-0.3, -0.25) is 0 Å². The van der Waals surface area contributed by atoms with Crippen LogP contribution in [0.25, 0.3) is 11.5 Å². The Bertz CT molecular complexity index is 745. The normalized spacial score (nSPS) is 20.7. The van der Waals surface area contributed by atoms with Crippen LogP contribution in [0.5, 0.6) is 0 Å². The zero-order valence-electron chi connectivity index (χ0n) is 11.1. The lowest BCUT2D eigenvalue weighted by Gasteiger charge is -2.07. The number of hydrogen-bond donors (Lipinski definition) is 1. The molecule has 21 heavy (non-hydrogen) atoms. The Labute approximate surface area is 127 Å². The smallest absolute Gasteiger partial charge is 0.249 e. The summed E-state index contributed by atoms with van der Waals surface area (Å²) in [6, 6.07) is 7.17. The summed E-state index contributed by atoms with van der Waals surface area (Å²) < 4.78 is 28.3. The van der Waals surface area contributed by atoms with Gasteiger partial charge in [-0.05, 0) is 18.6 Å². The number of nitrogens with one attached hydrogen (secondary N) is 1. The van der Waals surface area contributed by atoms with Gasteiger partial charge in [0.1, 0.15) is 0 Å². The van der Waals surface area contributed by atoms with Gasteiger partial charge >= 0.3 is 0 Å². The number of aromatic nitrogens is 2. The molecule has 8 heteroatoms. The molecule has 1 aliphatic heterocycles. The van der Waals surface area contributed by atoms with E-state index in [-0.39, 0.29) is 17.5 Å². The van der Waals surface area contributed by atoms with E-state index in [1.807, 2.05) is 12.1 Å². The molecule has 2 aromatic rings. The fraction of sp³-hybridized carbons (Fsp3) is 0.385. The molecule has 0 spiro atoms. The van der Waals surface area contributed by atoms with Gasteiger partial charge < -0.3 is 9.73 Å². The number of hydrogen-bond acceptors (Lipinski definition) is 6. The summed E-state index contributed by atoms with van der Waals surface area (Å²) >= 11 is 6.07. The van der Waals surface area contributed by atoms with E-state index in [0.29, 0.717) is 35.3 Å². The lowest BCUT2D eigenvalue weighted by Crippen LogP contribution is -2.29. The molecule has 6 nitrogen and oxygen atoms in total. The summed E-state index contributed by atoms with van der Waals surface area (Å²) in [5.74, 6) is 1.17. The lowest BCUT2D eigenvalue weighted by atomic mass is 10.2. The van der Waals surface area contributed by atoms with Crippen molar-refractivity contribution in [2.75, 3.05) is 11.5 Å². The maximum Gasteiger partial charge on any atom is 0.249 e. The maximum absolute atomic E-state index is 11.4. The van der Waals surface area contributed by atoms with E-state index in [2.05, 4.69) is 15.5 Å². The minimum absolute atomic E-state index is 0.0503. The zero-order chi connectivity index (χ0) is 14.9. The predicted molar refractivity (Wildman–Crippen MR) is 78.6 cm³/mol. The summed E-state index contributed by atoms with van der Waals surface area (Å²) in [7, 11) is -2.89. The van der Waals surface area contributed by atoms with Crippen molar-refractivity contribution in [2.45, 2.75) is 19.0 Å². The Morgan fingerprint density at radius 2 is 2.14 bits per heavy atom. The van der Waals surface area contributed by atoms with Gasteiger partial charge in [-0.2, -0.15) is 0 Å². The molecule has 2 heterocycles. The molecule has 0 saturated carbocycles. The molecule has 1 aromatic carbocycles. The van der Waals surface area contributed by atoms with Gasteiger partial charge in [-0.1, -0.05) is 23.7 Å². The molecular formula is C13H14ClN3O3S. The van der Waals surface area contributed by atoms with Crippen LogP contribution < -0.4 is 5.32 Å². The molecule has 0 amide bonds. The second kappa shape index (κ2) is 5.75. The van der Waals surface area contributed by atoms with Crippen LogP contribution in [0.4, 0.5) is 0 Å². The Balaban J connectivity index is 1.65. The van der Waals surface area contributed by atoms with Gasteiger partial charge in [0.25, 0.3) is 0 Å². The fourth-order valence-electron chi connectivity index (χ4n) is 2.26. The predicted octanol–water partition coefficient (Wildman–Crippen LogP) is 1.67. The minimum Gasteiger partial charge on any atom is -0.419 e. The van der Waals surface area contributed by atoms with Crippen LogP contribution in [-0.4, -0.2) is 36.2 Å². The average molecular weight is 328 g/mol. The van der Waals surface area contributed by atoms with Crippen molar-refractivity contribution in [3.05, 3.63) is 35.2 Å². The highest BCUT2D eigenvalue weighted by molar-refractivity contribution is 7.91. The fourth-order valence-corrected chi connectivity index (χ4v) is 4.18. The Hall–Kier alpha value is -1.44. The van der Waals surface area contributed by atoms with E-state index in [1.54, 1.807) is 12.1 Å². The van der Waals surface area contributed by atoms with Crippen LogP contribution in [-0.2, 0) is 16.4 Å². The van der Waals surface area contributed by atoms with Gasteiger partial charge in [0, 0.05) is 6.04 Å². The third-order valence-electron chi connectivity index (χ3n) is 3.35. The first-order valence-corrected chi connectivity index (χ1v) is 8.74. The third-order valence-corrected chi connectivity index (χ3v) is 5.44. The van der Waals surface area contributed by atoms with Crippen molar-refractivity contribution >= 4 is 21.4 Å². The van der Waals surface area contributed by atoms with Crippen molar-refractivity contribution in [1.82, 2.24) is 15.5 Å². The molecule has 0 bridgehead atoms. The molecule has 1 aromatic heterocycles. The van der Waals surface area contributed by atoms with Gasteiger partial charge in [0.05, 0.1) is 28.6 Å². The molecule has 1 aliphatic rings. The van der Waals surface area contributed by atoms with Crippen molar-refractivity contribution < 1.29 is 12.8 Å². The first kappa shape index (κ1) is 14.5. The minimum atomic E-state index is -2.89. The van der Waals surface area contributed by atoms with E-state index in [0.717, 1.165) is 0 Å². The van der Waals surface area contributed by atoms with Crippen LogP contribution in [0.15, 0.2) is 28.7 Å². The molecule has 1 fully saturated rings. The summed E-state index contributed by atoms with van der Waals surface area (Å²) in [6.45, 7) is 0.345. The maximum atomic E-state index is 11.4. The summed E-state index contributed by atoms with van der Waals surface area (Å²) in [5.41, 5.74) is 0.682. The van der Waals surface area contributed by atoms with E-state index < -0.39 is 9.84 Å². The van der Waals surface area contributed by atoms with Gasteiger partial charge in [-0.25, -0.2) is 8.42 Å². The summed E-state index contributed by atoms with van der Waals surface area (Å²) in [5, 5.41) is 11.6. The van der Waals surface area contributed by atoms with E-state index >= 15 is 0 Å². The average Bonchev–Trinajstić information content (AvgIpc) is 3.03. The van der Waals surface area contributed by atoms with Crippen LogP contribution in [0.3, 0.4) is 0 Å². The first-order valence-electron chi connectivity index (χ1n) is 6.54. The van der Waals surface area contributed by atoms with Crippen molar-refractivity contribution in [1.29, 1.82) is 0 Å². The quantitative estimate of drug-likeness (QED) is 0.919. The molecule has 1 N–H and O–H groups in total. The number of nitrogens with zero attached hydrogens (tertiary/aromatic N) is 2. The second-order valence-electron chi connectivity index (χ2n) is 4.96. The topological polar surface area (TPSA) is 85.1 Å². The number of benzene rings is 1. The Morgan fingerprint density at radius 1 is 1.33 bits per heavy atom. The van der Waals surface area contributed by atoms with E-state index in [9.17, 15) is 8.42 Å². The Morgan fingerprint density at radius 3 is 2.86 bits per heavy atom. The highest BCUT2D eigenvalue weighted by Gasteiger charge is 2.27. The number of sulfone groups is 1. The molecule has 0 radical (unpaired) electrons. The monoisotopic (exact) mass is 327 g/mol. The molecule has 1 unspecified atom stereocenters. The van der Waals surface area contributed by atoms with Gasteiger partial charge in [-0.15, -0.1) is 10.2 Å². The molecule has 0 aliphatic carbocycles. The van der Waals surface area contributed by atoms with Crippen LogP contribution in [0.1, 0.15) is 12.3 Å². The summed E-state index contributed by atoms with van der Waals surface area (Å²) in [4.78, 5) is 0. The second-order valence-corrected chi connectivity index (χ2v) is 7.60. The van der Waals surface area contributed by atoms with Crippen molar-refractivity contribution in [3.63, 3.8) is 0 Å². The highest BCUT2D eigenvalue weighted by Crippen LogP contribution is 2.26. The SMILES string of the molecule is O=S1(=O)CCC(NCc2nnc(-c3ccccc3Cl)o2)C1.